The zero-order valence-corrected chi connectivity index (χ0v) is 19.7. The summed E-state index contributed by atoms with van der Waals surface area (Å²) in [5.74, 6) is 0.0669. The van der Waals surface area contributed by atoms with E-state index < -0.39 is 6.10 Å². The van der Waals surface area contributed by atoms with Crippen molar-refractivity contribution in [2.45, 2.75) is 19.4 Å². The third-order valence-electron chi connectivity index (χ3n) is 5.45. The van der Waals surface area contributed by atoms with Crippen LogP contribution in [0.5, 0.6) is 11.5 Å². The molecule has 5 nitrogen and oxygen atoms in total. The van der Waals surface area contributed by atoms with Gasteiger partial charge in [0.25, 0.3) is 0 Å². The first-order valence-electron chi connectivity index (χ1n) is 10.8. The lowest BCUT2D eigenvalue weighted by molar-refractivity contribution is 0.0600. The lowest BCUT2D eigenvalue weighted by Crippen LogP contribution is -2.09. The molecule has 1 heterocycles. The third-order valence-corrected chi connectivity index (χ3v) is 6.46. The van der Waals surface area contributed by atoms with E-state index in [9.17, 15) is 14.7 Å². The Balaban J connectivity index is 1.62. The van der Waals surface area contributed by atoms with Crippen LogP contribution in [0.1, 0.15) is 55.3 Å². The van der Waals surface area contributed by atoms with Crippen LogP contribution in [0, 0.1) is 0 Å². The van der Waals surface area contributed by atoms with Gasteiger partial charge in [-0.25, -0.2) is 4.79 Å². The third kappa shape index (κ3) is 5.18. The summed E-state index contributed by atoms with van der Waals surface area (Å²) in [6.45, 7) is 1.43. The van der Waals surface area contributed by atoms with E-state index in [1.165, 1.54) is 25.4 Å². The predicted octanol–water partition coefficient (Wildman–Crippen LogP) is 6.20. The first-order valence-corrected chi connectivity index (χ1v) is 11.6. The zero-order valence-electron chi connectivity index (χ0n) is 18.9. The Labute approximate surface area is 202 Å². The van der Waals surface area contributed by atoms with Gasteiger partial charge in [0.15, 0.2) is 11.9 Å². The molecule has 1 atom stereocenters. The fourth-order valence-electron chi connectivity index (χ4n) is 3.68. The quantitative estimate of drug-likeness (QED) is 0.244. The molecule has 0 bridgehead atoms. The summed E-state index contributed by atoms with van der Waals surface area (Å²) in [7, 11) is 1.37. The van der Waals surface area contributed by atoms with E-state index in [4.69, 9.17) is 9.47 Å². The van der Waals surface area contributed by atoms with Crippen LogP contribution >= 0.6 is 11.3 Å². The second kappa shape index (κ2) is 10.4. The summed E-state index contributed by atoms with van der Waals surface area (Å²) in [5, 5.41) is 12.4. The average Bonchev–Trinajstić information content (AvgIpc) is 3.24. The molecular weight excluding hydrogens is 448 g/mol. The smallest absolute Gasteiger partial charge is 0.337 e. The Morgan fingerprint density at radius 3 is 2.32 bits per heavy atom. The number of aromatic hydroxyl groups is 1. The van der Waals surface area contributed by atoms with E-state index in [1.54, 1.807) is 11.4 Å². The lowest BCUT2D eigenvalue weighted by Gasteiger charge is -2.19. The van der Waals surface area contributed by atoms with Crippen molar-refractivity contribution >= 4 is 23.1 Å². The van der Waals surface area contributed by atoms with Gasteiger partial charge in [0.05, 0.1) is 23.1 Å². The molecule has 0 aliphatic rings. The van der Waals surface area contributed by atoms with Crippen LogP contribution < -0.4 is 4.74 Å². The van der Waals surface area contributed by atoms with Crippen molar-refractivity contribution in [1.82, 2.24) is 0 Å². The van der Waals surface area contributed by atoms with Gasteiger partial charge in [0.1, 0.15) is 11.5 Å². The standard InChI is InChI=1S/C28H24O5S/c1-18(29)24-17-34-27(25(24)30)26(33-23-9-4-3-5-10-23)21-13-11-19(12-14-21)15-20-7-6-8-22(16-20)28(31)32-2/h3-14,16-17,26,30H,15H2,1-2H3. The molecule has 1 unspecified atom stereocenters. The SMILES string of the molecule is COC(=O)c1cccc(Cc2ccc(C(Oc3ccccc3)c3scc(C(C)=O)c3O)cc2)c1. The van der Waals surface area contributed by atoms with Crippen molar-refractivity contribution in [3.63, 3.8) is 0 Å². The topological polar surface area (TPSA) is 72.8 Å². The number of esters is 1. The average molecular weight is 473 g/mol. The molecule has 0 aliphatic heterocycles. The van der Waals surface area contributed by atoms with Gasteiger partial charge in [0.2, 0.25) is 0 Å². The molecule has 172 valence electrons. The highest BCUT2D eigenvalue weighted by Crippen LogP contribution is 2.40. The van der Waals surface area contributed by atoms with Crippen molar-refractivity contribution in [1.29, 1.82) is 0 Å². The Bertz CT molecular complexity index is 1290. The van der Waals surface area contributed by atoms with Crippen molar-refractivity contribution < 1.29 is 24.2 Å². The largest absolute Gasteiger partial charge is 0.506 e. The molecule has 1 aromatic heterocycles. The van der Waals surface area contributed by atoms with Gasteiger partial charge in [-0.2, -0.15) is 0 Å². The highest BCUT2D eigenvalue weighted by molar-refractivity contribution is 7.10. The van der Waals surface area contributed by atoms with Crippen molar-refractivity contribution in [2.24, 2.45) is 0 Å². The van der Waals surface area contributed by atoms with Crippen LogP contribution in [-0.4, -0.2) is 24.0 Å². The summed E-state index contributed by atoms with van der Waals surface area (Å²) < 4.78 is 11.1. The predicted molar refractivity (Wildman–Crippen MR) is 132 cm³/mol. The molecule has 0 aliphatic carbocycles. The highest BCUT2D eigenvalue weighted by atomic mass is 32.1. The number of rotatable bonds is 8. The van der Waals surface area contributed by atoms with Crippen molar-refractivity contribution in [3.05, 3.63) is 117 Å². The first-order chi connectivity index (χ1) is 16.5. The molecule has 0 spiro atoms. The molecular formula is C28H24O5S. The van der Waals surface area contributed by atoms with E-state index >= 15 is 0 Å². The number of ether oxygens (including phenoxy) is 2. The van der Waals surface area contributed by atoms with E-state index in [0.29, 0.717) is 28.2 Å². The van der Waals surface area contributed by atoms with Crippen LogP contribution in [0.25, 0.3) is 0 Å². The minimum absolute atomic E-state index is 0.0397. The number of hydrogen-bond donors (Lipinski definition) is 1. The molecule has 0 saturated carbocycles. The molecule has 0 saturated heterocycles. The summed E-state index contributed by atoms with van der Waals surface area (Å²) >= 11 is 1.30. The van der Waals surface area contributed by atoms with Gasteiger partial charge in [0, 0.05) is 5.38 Å². The van der Waals surface area contributed by atoms with Crippen LogP contribution in [-0.2, 0) is 11.2 Å². The maximum Gasteiger partial charge on any atom is 0.337 e. The van der Waals surface area contributed by atoms with Crippen molar-refractivity contribution in [2.75, 3.05) is 7.11 Å². The van der Waals surface area contributed by atoms with E-state index in [0.717, 1.165) is 16.7 Å². The monoisotopic (exact) mass is 472 g/mol. The van der Waals surface area contributed by atoms with Crippen LogP contribution in [0.15, 0.2) is 84.2 Å². The minimum atomic E-state index is -0.572. The van der Waals surface area contributed by atoms with Gasteiger partial charge in [-0.1, -0.05) is 54.6 Å². The van der Waals surface area contributed by atoms with Gasteiger partial charge in [-0.3, -0.25) is 4.79 Å². The van der Waals surface area contributed by atoms with Gasteiger partial charge in [-0.05, 0) is 54.3 Å². The minimum Gasteiger partial charge on any atom is -0.506 e. The highest BCUT2D eigenvalue weighted by Gasteiger charge is 2.25. The molecule has 0 fully saturated rings. The van der Waals surface area contributed by atoms with E-state index in [-0.39, 0.29) is 17.5 Å². The summed E-state index contributed by atoms with van der Waals surface area (Å²) in [6, 6.07) is 24.7. The number of methoxy groups -OCH3 is 1. The van der Waals surface area contributed by atoms with Gasteiger partial charge < -0.3 is 14.6 Å². The molecule has 4 aromatic rings. The molecule has 34 heavy (non-hydrogen) atoms. The number of thiophene rings is 1. The summed E-state index contributed by atoms with van der Waals surface area (Å²) in [5.41, 5.74) is 3.72. The van der Waals surface area contributed by atoms with Crippen LogP contribution in [0.3, 0.4) is 0 Å². The fraction of sp³-hybridized carbons (Fsp3) is 0.143. The van der Waals surface area contributed by atoms with Crippen LogP contribution in [0.4, 0.5) is 0 Å². The molecule has 6 heteroatoms. The number of para-hydroxylation sites is 1. The molecule has 0 amide bonds. The summed E-state index contributed by atoms with van der Waals surface area (Å²) in [4.78, 5) is 24.3. The Hall–Kier alpha value is -3.90. The van der Waals surface area contributed by atoms with Gasteiger partial charge >= 0.3 is 5.97 Å². The number of carbonyl (C=O) groups excluding carboxylic acids is 2. The molecule has 1 N–H and O–H groups in total. The number of hydrogen-bond acceptors (Lipinski definition) is 6. The van der Waals surface area contributed by atoms with E-state index in [2.05, 4.69) is 0 Å². The summed E-state index contributed by atoms with van der Waals surface area (Å²) in [6.07, 6.45) is 0.0749. The molecule has 3 aromatic carbocycles. The zero-order chi connectivity index (χ0) is 24.1. The Morgan fingerprint density at radius 1 is 0.941 bits per heavy atom. The van der Waals surface area contributed by atoms with E-state index in [1.807, 2.05) is 72.8 Å². The van der Waals surface area contributed by atoms with Crippen molar-refractivity contribution in [3.8, 4) is 11.5 Å². The maximum atomic E-state index is 11.9. The molecule has 4 rings (SSSR count). The second-order valence-electron chi connectivity index (χ2n) is 7.84. The number of carbonyl (C=O) groups is 2. The maximum absolute atomic E-state index is 11.9. The second-order valence-corrected chi connectivity index (χ2v) is 8.75. The normalized spacial score (nSPS) is 11.6. The Kier molecular flexibility index (Phi) is 7.09. The first kappa shape index (κ1) is 23.3. The lowest BCUT2D eigenvalue weighted by atomic mass is 9.99. The number of ketones is 1. The van der Waals surface area contributed by atoms with Gasteiger partial charge in [-0.15, -0.1) is 11.3 Å². The van der Waals surface area contributed by atoms with Crippen LogP contribution in [0.2, 0.25) is 0 Å². The fourth-order valence-corrected chi connectivity index (χ4v) is 4.73. The number of Topliss-reactive ketones (excluding diaryl/α,β-unsaturated/α-hetero) is 1. The Morgan fingerprint density at radius 2 is 1.68 bits per heavy atom. The number of benzene rings is 3. The molecule has 0 radical (unpaired) electrons.